The first kappa shape index (κ1) is 25.2. The Morgan fingerprint density at radius 1 is 1.09 bits per heavy atom. The summed E-state index contributed by atoms with van der Waals surface area (Å²) < 4.78 is 48.2. The van der Waals surface area contributed by atoms with Gasteiger partial charge in [-0.25, -0.2) is 13.4 Å². The second-order valence-corrected chi connectivity index (χ2v) is 11.1. The van der Waals surface area contributed by atoms with E-state index in [4.69, 9.17) is 18.9 Å². The van der Waals surface area contributed by atoms with Gasteiger partial charge in [0.2, 0.25) is 5.91 Å². The molecule has 11 heteroatoms. The van der Waals surface area contributed by atoms with E-state index in [-0.39, 0.29) is 29.1 Å². The normalized spacial score (nSPS) is 15.8. The molecule has 1 fully saturated rings. The minimum absolute atomic E-state index is 0.132. The fourth-order valence-corrected chi connectivity index (χ4v) is 6.26. The predicted molar refractivity (Wildman–Crippen MR) is 134 cm³/mol. The molecular weight excluding hydrogens is 492 g/mol. The largest absolute Gasteiger partial charge is 0.497 e. The van der Waals surface area contributed by atoms with Crippen LogP contribution in [0.25, 0.3) is 10.2 Å². The third-order valence-electron chi connectivity index (χ3n) is 5.84. The quantitative estimate of drug-likeness (QED) is 0.399. The van der Waals surface area contributed by atoms with Crippen molar-refractivity contribution in [2.75, 3.05) is 45.1 Å². The Bertz CT molecular complexity index is 1240. The lowest BCUT2D eigenvalue weighted by Gasteiger charge is -2.23. The fraction of sp³-hybridized carbons (Fsp3) is 0.417. The summed E-state index contributed by atoms with van der Waals surface area (Å²) in [5.41, 5.74) is 0.586. The van der Waals surface area contributed by atoms with Gasteiger partial charge in [0, 0.05) is 13.0 Å². The van der Waals surface area contributed by atoms with Crippen molar-refractivity contribution >= 4 is 42.4 Å². The van der Waals surface area contributed by atoms with Crippen molar-refractivity contribution in [3.63, 3.8) is 0 Å². The van der Waals surface area contributed by atoms with E-state index in [0.29, 0.717) is 41.0 Å². The van der Waals surface area contributed by atoms with Crippen molar-refractivity contribution in [2.45, 2.75) is 30.3 Å². The molecule has 1 aromatic heterocycles. The van der Waals surface area contributed by atoms with Gasteiger partial charge >= 0.3 is 0 Å². The number of aromatic nitrogens is 1. The van der Waals surface area contributed by atoms with Crippen LogP contribution in [0.4, 0.5) is 5.13 Å². The number of thiazole rings is 1. The lowest BCUT2D eigenvalue weighted by atomic mass is 10.2. The van der Waals surface area contributed by atoms with E-state index < -0.39 is 9.84 Å². The van der Waals surface area contributed by atoms with Crippen LogP contribution in [0.2, 0.25) is 0 Å². The number of hydrogen-bond donors (Lipinski definition) is 0. The van der Waals surface area contributed by atoms with Crippen LogP contribution in [0.15, 0.2) is 41.3 Å². The maximum absolute atomic E-state index is 13.4. The van der Waals surface area contributed by atoms with Crippen LogP contribution < -0.4 is 19.1 Å². The smallest absolute Gasteiger partial charge is 0.229 e. The van der Waals surface area contributed by atoms with Crippen LogP contribution in [0, 0.1) is 0 Å². The van der Waals surface area contributed by atoms with E-state index in [1.807, 2.05) is 0 Å². The van der Waals surface area contributed by atoms with E-state index in [2.05, 4.69) is 4.98 Å². The van der Waals surface area contributed by atoms with Crippen LogP contribution in [-0.4, -0.2) is 65.6 Å². The van der Waals surface area contributed by atoms with Crippen molar-refractivity contribution in [2.24, 2.45) is 0 Å². The average molecular weight is 521 g/mol. The van der Waals surface area contributed by atoms with Crippen molar-refractivity contribution in [1.82, 2.24) is 4.98 Å². The molecule has 1 aliphatic rings. The number of carbonyl (C=O) groups is 1. The standard InChI is InChI=1S/C24H28N2O7S2/c1-30-16-6-8-18(9-7-16)35(28,29)14-12-21(27)26(15-17-5-4-13-33-17)24-25-22-19(31-2)10-11-20(32-3)23(22)34-24/h6-11,17H,4-5,12-15H2,1-3H3. The molecule has 1 unspecified atom stereocenters. The molecule has 0 saturated carbocycles. The molecule has 1 atom stereocenters. The van der Waals surface area contributed by atoms with Crippen LogP contribution in [0.1, 0.15) is 19.3 Å². The van der Waals surface area contributed by atoms with Gasteiger partial charge in [-0.2, -0.15) is 0 Å². The van der Waals surface area contributed by atoms with Gasteiger partial charge in [0.05, 0.1) is 44.6 Å². The molecule has 4 rings (SSSR count). The van der Waals surface area contributed by atoms with Gasteiger partial charge in [-0.3, -0.25) is 9.69 Å². The van der Waals surface area contributed by atoms with E-state index in [9.17, 15) is 13.2 Å². The van der Waals surface area contributed by atoms with Crippen LogP contribution >= 0.6 is 11.3 Å². The summed E-state index contributed by atoms with van der Waals surface area (Å²) in [5.74, 6) is 1.09. The zero-order valence-corrected chi connectivity index (χ0v) is 21.5. The lowest BCUT2D eigenvalue weighted by Crippen LogP contribution is -2.38. The van der Waals surface area contributed by atoms with Crippen LogP contribution in [0.3, 0.4) is 0 Å². The van der Waals surface area contributed by atoms with E-state index >= 15 is 0 Å². The molecule has 1 saturated heterocycles. The highest BCUT2D eigenvalue weighted by Crippen LogP contribution is 2.40. The van der Waals surface area contributed by atoms with Crippen molar-refractivity contribution in [3.8, 4) is 17.2 Å². The Balaban J connectivity index is 1.60. The topological polar surface area (TPSA) is 104 Å². The summed E-state index contributed by atoms with van der Waals surface area (Å²) in [4.78, 5) is 19.7. The monoisotopic (exact) mass is 520 g/mol. The van der Waals surface area contributed by atoms with Gasteiger partial charge in [-0.1, -0.05) is 11.3 Å². The number of rotatable bonds is 10. The van der Waals surface area contributed by atoms with Crippen LogP contribution in [0.5, 0.6) is 17.2 Å². The molecule has 188 valence electrons. The average Bonchev–Trinajstić information content (AvgIpc) is 3.55. The zero-order chi connectivity index (χ0) is 25.0. The molecule has 0 N–H and O–H groups in total. The second-order valence-electron chi connectivity index (χ2n) is 8.03. The Labute approximate surface area is 208 Å². The van der Waals surface area contributed by atoms with Crippen LogP contribution in [-0.2, 0) is 19.4 Å². The first-order valence-electron chi connectivity index (χ1n) is 11.2. The summed E-state index contributed by atoms with van der Waals surface area (Å²) in [5, 5.41) is 0.449. The first-order valence-corrected chi connectivity index (χ1v) is 13.6. The molecule has 0 radical (unpaired) electrons. The molecular formula is C24H28N2O7S2. The Hall–Kier alpha value is -2.89. The molecule has 3 aromatic rings. The molecule has 2 aromatic carbocycles. The number of benzene rings is 2. The zero-order valence-electron chi connectivity index (χ0n) is 19.9. The summed E-state index contributed by atoms with van der Waals surface area (Å²) >= 11 is 1.30. The third-order valence-corrected chi connectivity index (χ3v) is 8.67. The highest BCUT2D eigenvalue weighted by Gasteiger charge is 2.28. The highest BCUT2D eigenvalue weighted by molar-refractivity contribution is 7.91. The molecule has 0 spiro atoms. The summed E-state index contributed by atoms with van der Waals surface area (Å²) in [6.07, 6.45) is 1.42. The SMILES string of the molecule is COc1ccc(S(=O)(=O)CCC(=O)N(CC2CCCO2)c2nc3c(OC)ccc(OC)c3s2)cc1. The molecule has 9 nitrogen and oxygen atoms in total. The number of sulfone groups is 1. The minimum Gasteiger partial charge on any atom is -0.497 e. The molecule has 1 amide bonds. The summed E-state index contributed by atoms with van der Waals surface area (Å²) in [7, 11) is 0.976. The predicted octanol–water partition coefficient (Wildman–Crippen LogP) is 3.70. The Kier molecular flexibility index (Phi) is 7.78. The van der Waals surface area contributed by atoms with Crippen molar-refractivity contribution < 1.29 is 32.2 Å². The van der Waals surface area contributed by atoms with E-state index in [0.717, 1.165) is 17.5 Å². The number of methoxy groups -OCH3 is 3. The number of ether oxygens (including phenoxy) is 4. The Morgan fingerprint density at radius 2 is 1.80 bits per heavy atom. The number of carbonyl (C=O) groups excluding carboxylic acids is 1. The molecule has 0 bridgehead atoms. The number of hydrogen-bond acceptors (Lipinski definition) is 9. The van der Waals surface area contributed by atoms with Crippen molar-refractivity contribution in [3.05, 3.63) is 36.4 Å². The number of nitrogens with zero attached hydrogens (tertiary/aromatic N) is 2. The first-order chi connectivity index (χ1) is 16.9. The number of fused-ring (bicyclic) bond motifs is 1. The van der Waals surface area contributed by atoms with Crippen molar-refractivity contribution in [1.29, 1.82) is 0 Å². The highest BCUT2D eigenvalue weighted by atomic mass is 32.2. The maximum Gasteiger partial charge on any atom is 0.229 e. The fourth-order valence-electron chi connectivity index (χ4n) is 3.93. The third kappa shape index (κ3) is 5.52. The van der Waals surface area contributed by atoms with E-state index in [1.54, 1.807) is 38.5 Å². The van der Waals surface area contributed by atoms with Gasteiger partial charge in [0.15, 0.2) is 15.0 Å². The molecule has 0 aliphatic carbocycles. The maximum atomic E-state index is 13.4. The van der Waals surface area contributed by atoms with Gasteiger partial charge in [0.1, 0.15) is 27.5 Å². The van der Waals surface area contributed by atoms with Gasteiger partial charge < -0.3 is 18.9 Å². The summed E-state index contributed by atoms with van der Waals surface area (Å²) in [6.45, 7) is 0.936. The lowest BCUT2D eigenvalue weighted by molar-refractivity contribution is -0.118. The summed E-state index contributed by atoms with van der Waals surface area (Å²) in [6, 6.07) is 9.68. The van der Waals surface area contributed by atoms with Gasteiger partial charge in [-0.15, -0.1) is 0 Å². The molecule has 35 heavy (non-hydrogen) atoms. The molecule has 2 heterocycles. The minimum atomic E-state index is -3.66. The Morgan fingerprint density at radius 3 is 2.43 bits per heavy atom. The van der Waals surface area contributed by atoms with Gasteiger partial charge in [-0.05, 0) is 49.2 Å². The van der Waals surface area contributed by atoms with E-state index in [1.165, 1.54) is 35.5 Å². The number of anilines is 1. The second kappa shape index (κ2) is 10.8. The molecule has 1 aliphatic heterocycles. The number of amides is 1. The van der Waals surface area contributed by atoms with Gasteiger partial charge in [0.25, 0.3) is 0 Å².